The van der Waals surface area contributed by atoms with Gasteiger partial charge in [0.15, 0.2) is 37.7 Å². The third-order valence-corrected chi connectivity index (χ3v) is 25.8. The zero-order valence-corrected chi connectivity index (χ0v) is 77.0. The molecule has 7 fully saturated rings. The number of amides is 3. The highest BCUT2D eigenvalue weighted by molar-refractivity contribution is 5.77. The molecule has 3 amide bonds. The van der Waals surface area contributed by atoms with Crippen molar-refractivity contribution in [2.24, 2.45) is 0 Å². The minimum atomic E-state index is -3.50. The van der Waals surface area contributed by atoms with Crippen LogP contribution in [0.3, 0.4) is 0 Å². The van der Waals surface area contributed by atoms with E-state index in [0.717, 1.165) is 78.1 Å². The molecular formula is C89H159N3O40. The zero-order chi connectivity index (χ0) is 96.9. The molecule has 25 N–H and O–H groups in total. The third kappa shape index (κ3) is 33.7. The number of aliphatic hydroxyl groups excluding tert-OH is 21. The number of carbonyl (C=O) groups excluding carboxylic acids is 3. The first-order valence-electron chi connectivity index (χ1n) is 48.0. The lowest BCUT2D eigenvalue weighted by atomic mass is 9.88. The molecule has 43 heteroatoms. The molecule has 0 aliphatic carbocycles. The average Bonchev–Trinajstić information content (AvgIpc) is 0.745. The predicted molar refractivity (Wildman–Crippen MR) is 461 cm³/mol. The van der Waals surface area contributed by atoms with Crippen LogP contribution in [0.15, 0.2) is 12.2 Å². The van der Waals surface area contributed by atoms with Gasteiger partial charge in [0.25, 0.3) is 5.79 Å². The van der Waals surface area contributed by atoms with Gasteiger partial charge in [-0.05, 0) is 26.2 Å². The van der Waals surface area contributed by atoms with Crippen LogP contribution in [-0.2, 0) is 85.5 Å². The Balaban J connectivity index is 1.15. The predicted octanol–water partition coefficient (Wildman–Crippen LogP) is -2.81. The Labute approximate surface area is 771 Å². The van der Waals surface area contributed by atoms with Crippen LogP contribution in [0, 0.1) is 0 Å². The van der Waals surface area contributed by atoms with E-state index < -0.39 is 309 Å². The maximum absolute atomic E-state index is 14.1. The van der Waals surface area contributed by atoms with Gasteiger partial charge in [-0.15, -0.1) is 0 Å². The summed E-state index contributed by atoms with van der Waals surface area (Å²) in [4.78, 5) is 54.3. The molecule has 0 radical (unpaired) electrons. The number of unbranched alkanes of at least 4 members (excludes halogenated alkanes) is 29. The van der Waals surface area contributed by atoms with Gasteiger partial charge in [-0.1, -0.05) is 206 Å². The molecule has 7 aliphatic heterocycles. The molecule has 0 aromatic heterocycles. The highest BCUT2D eigenvalue weighted by Crippen LogP contribution is 2.43. The standard InChI is InChI=1S/C89H159N3O40/c1-6-8-10-12-14-16-18-20-21-22-23-24-25-27-29-31-33-35-37-39-60(104)92-51(52(101)38-36-34-32-30-28-26-19-17-15-13-11-9-7-2)47-119-83-73(115)70(112)75(58(45-97)124-83)126-86-74(116)80(132-89(88(117)118)40-53(102)61(90-49(4)99)78(131-89)64(106)54(103)41-93)76(59(46-98)125-86)127-82-62(91-50(5)100)77(66(108)56(43-95)121-82)128-87-81(130-84-71(113)68(110)63(105)48(3)120-84)79(67(109)57(44-96)123-87)129-85-72(114)69(111)65(107)55(42-94)122-85/h36,38,48,51-59,61-87,93-98,101-103,105-116H,6-35,37,39-47H2,1-5H3,(H,90,99)(H,91,100)(H,92,104)(H,117,118)/b38-36+/t48?,51-,52+,53?,54+,55?,56?,57?,58?,59?,61+,62?,63+,64+,65-,66-,67-,68?,69-,70+,71-,72?,73?,74?,75+,76-,77+,78?,79-,80+,81?,82-,83+,84+,85+,86-,87-,89-/m0/s1. The van der Waals surface area contributed by atoms with Gasteiger partial charge in [0.1, 0.15) is 159 Å². The van der Waals surface area contributed by atoms with Crippen LogP contribution in [-0.4, -0.2) is 415 Å². The molecular weight excluding hydrogens is 1750 g/mol. The average molecular weight is 1910 g/mol. The van der Waals surface area contributed by atoms with Crippen molar-refractivity contribution >= 4 is 23.7 Å². The fourth-order valence-electron chi connectivity index (χ4n) is 17.9. The van der Waals surface area contributed by atoms with Crippen LogP contribution in [0.1, 0.15) is 247 Å². The summed E-state index contributed by atoms with van der Waals surface area (Å²) in [5.41, 5.74) is 0. The van der Waals surface area contributed by atoms with Crippen molar-refractivity contribution in [2.75, 3.05) is 46.2 Å². The molecule has 7 rings (SSSR count). The first-order chi connectivity index (χ1) is 63.2. The molecule has 7 aliphatic rings. The Kier molecular flexibility index (Phi) is 52.1. The number of ether oxygens (including phenoxy) is 14. The normalized spacial score (nSPS) is 37.4. The SMILES string of the molecule is CCCCCCCCCCCCC/C=C/[C@@H](O)[C@H](CO[C@@H]1OC(CO)[C@@H](O[C@@H]2OC(CO)[C@H](O[C@@H]3OC(CO)[C@H](O)[C@H](O[C@@H]4OC(CO)[C@H](O)[C@H](O[C@H]5OC(CO)[C@H](O)[C@H](O)C5O)C4O[C@H]4OC(C)[C@@H](O)C(O)[C@@H]4O)C3NC(C)=O)[C@H](O[C@]3(C(=O)O)CC(O)[C@@H](NC(C)=O)C([C@H](O)[C@H](O)CO)O3)C2O)[C@H](O)C1O)NC(=O)CCCCCCCCCCCCCCCCCCCCC. The smallest absolute Gasteiger partial charge is 0.364 e. The van der Waals surface area contributed by atoms with E-state index in [-0.39, 0.29) is 6.42 Å². The number of carboxylic acid groups (broad SMARTS) is 1. The summed E-state index contributed by atoms with van der Waals surface area (Å²) in [6.07, 6.45) is -35.4. The maximum Gasteiger partial charge on any atom is 0.364 e. The minimum Gasteiger partial charge on any atom is -0.477 e. The second-order valence-corrected chi connectivity index (χ2v) is 36.3. The first kappa shape index (κ1) is 115. The Hall–Kier alpha value is -3.78. The monoisotopic (exact) mass is 1910 g/mol. The number of aliphatic hydroxyl groups is 21. The topological polar surface area (TPSA) is 679 Å². The quantitative estimate of drug-likeness (QED) is 0.0216. The second kappa shape index (κ2) is 59.7. The summed E-state index contributed by atoms with van der Waals surface area (Å²) < 4.78 is 85.5. The van der Waals surface area contributed by atoms with Crippen molar-refractivity contribution in [1.82, 2.24) is 16.0 Å². The van der Waals surface area contributed by atoms with Crippen LogP contribution >= 0.6 is 0 Å². The van der Waals surface area contributed by atoms with E-state index in [1.165, 1.54) is 135 Å². The number of nitrogens with one attached hydrogen (secondary N) is 3. The summed E-state index contributed by atoms with van der Waals surface area (Å²) in [6, 6.07) is -5.18. The molecule has 0 saturated carbocycles. The highest BCUT2D eigenvalue weighted by Gasteiger charge is 2.64. The Morgan fingerprint density at radius 1 is 0.409 bits per heavy atom. The molecule has 14 unspecified atom stereocenters. The van der Waals surface area contributed by atoms with E-state index in [9.17, 15) is 132 Å². The molecule has 7 heterocycles. The van der Waals surface area contributed by atoms with Crippen molar-refractivity contribution in [3.05, 3.63) is 12.2 Å². The highest BCUT2D eigenvalue weighted by atomic mass is 16.8. The fourth-order valence-corrected chi connectivity index (χ4v) is 17.9. The van der Waals surface area contributed by atoms with E-state index in [0.29, 0.717) is 12.8 Å². The summed E-state index contributed by atoms with van der Waals surface area (Å²) in [5.74, 6) is -8.11. The van der Waals surface area contributed by atoms with Gasteiger partial charge < -0.3 is 195 Å². The number of carboxylic acids is 1. The van der Waals surface area contributed by atoms with E-state index >= 15 is 0 Å². The van der Waals surface area contributed by atoms with Crippen molar-refractivity contribution in [3.8, 4) is 0 Å². The van der Waals surface area contributed by atoms with Crippen LogP contribution in [0.25, 0.3) is 0 Å². The number of carbonyl (C=O) groups is 4. The third-order valence-electron chi connectivity index (χ3n) is 25.8. The van der Waals surface area contributed by atoms with Gasteiger partial charge in [-0.3, -0.25) is 14.4 Å². The van der Waals surface area contributed by atoms with E-state index in [2.05, 4.69) is 29.8 Å². The Bertz CT molecular complexity index is 3220. The lowest BCUT2D eigenvalue weighted by Crippen LogP contribution is -2.72. The van der Waals surface area contributed by atoms with E-state index in [1.807, 2.05) is 0 Å². The van der Waals surface area contributed by atoms with Crippen molar-refractivity contribution in [2.45, 2.75) is 479 Å². The molecule has 0 aromatic carbocycles. The summed E-state index contributed by atoms with van der Waals surface area (Å²) >= 11 is 0. The summed E-state index contributed by atoms with van der Waals surface area (Å²) in [5, 5.41) is 257. The van der Waals surface area contributed by atoms with Crippen LogP contribution in [0.2, 0.25) is 0 Å². The molecule has 132 heavy (non-hydrogen) atoms. The Morgan fingerprint density at radius 3 is 1.32 bits per heavy atom. The summed E-state index contributed by atoms with van der Waals surface area (Å²) in [7, 11) is 0. The lowest BCUT2D eigenvalue weighted by molar-refractivity contribution is -0.410. The maximum atomic E-state index is 14.1. The number of allylic oxidation sites excluding steroid dienone is 1. The zero-order valence-electron chi connectivity index (χ0n) is 77.0. The molecule has 0 aromatic rings. The molecule has 0 bridgehead atoms. The van der Waals surface area contributed by atoms with Crippen molar-refractivity contribution in [1.29, 1.82) is 0 Å². The molecule has 7 saturated heterocycles. The number of aliphatic carboxylic acids is 1. The number of hydrogen-bond donors (Lipinski definition) is 25. The second-order valence-electron chi connectivity index (χ2n) is 36.3. The molecule has 770 valence electrons. The van der Waals surface area contributed by atoms with Gasteiger partial charge in [0.05, 0.1) is 76.6 Å². The minimum absolute atomic E-state index is 0.0988. The fraction of sp³-hybridized carbons (Fsp3) is 0.933. The van der Waals surface area contributed by atoms with Crippen LogP contribution in [0.4, 0.5) is 0 Å². The number of hydrogen-bond acceptors (Lipinski definition) is 39. The Morgan fingerprint density at radius 2 is 0.811 bits per heavy atom. The van der Waals surface area contributed by atoms with Crippen molar-refractivity contribution < 1.29 is 198 Å². The largest absolute Gasteiger partial charge is 0.477 e. The number of rotatable bonds is 61. The van der Waals surface area contributed by atoms with Gasteiger partial charge >= 0.3 is 5.97 Å². The lowest BCUT2D eigenvalue weighted by Gasteiger charge is -2.53. The molecule has 0 spiro atoms. The van der Waals surface area contributed by atoms with Gasteiger partial charge in [-0.25, -0.2) is 4.79 Å². The van der Waals surface area contributed by atoms with E-state index in [4.69, 9.17) is 66.3 Å². The van der Waals surface area contributed by atoms with Gasteiger partial charge in [0, 0.05) is 26.7 Å². The van der Waals surface area contributed by atoms with E-state index in [1.54, 1.807) is 6.08 Å². The van der Waals surface area contributed by atoms with Crippen LogP contribution < -0.4 is 16.0 Å². The first-order valence-corrected chi connectivity index (χ1v) is 48.0. The van der Waals surface area contributed by atoms with Gasteiger partial charge in [0.2, 0.25) is 17.7 Å². The van der Waals surface area contributed by atoms with Gasteiger partial charge in [-0.2, -0.15) is 0 Å². The summed E-state index contributed by atoms with van der Waals surface area (Å²) in [6.45, 7) is -0.213. The molecule has 43 nitrogen and oxygen atoms in total. The van der Waals surface area contributed by atoms with Crippen LogP contribution in [0.5, 0.6) is 0 Å². The molecule has 38 atom stereocenters. The van der Waals surface area contributed by atoms with Crippen molar-refractivity contribution in [3.63, 3.8) is 0 Å².